The Bertz CT molecular complexity index is 890. The zero-order valence-electron chi connectivity index (χ0n) is 14.5. The molecule has 0 unspecified atom stereocenters. The topological polar surface area (TPSA) is 27.1 Å². The fourth-order valence-corrected chi connectivity index (χ4v) is 3.27. The molecule has 0 saturated heterocycles. The lowest BCUT2D eigenvalue weighted by atomic mass is 10.2. The summed E-state index contributed by atoms with van der Waals surface area (Å²) < 4.78 is 8.32. The third kappa shape index (κ3) is 3.89. The standard InChI is InChI=1S/C19H20Cl2N2O.ClH/c1-4-9-23-13(3)12(2)15-7-8-22-19(18(15)23)24-11-14-5-6-16(20)17(21)10-14;/h5-8,10H,4,9,11H2,1-3H3;1H. The predicted molar refractivity (Wildman–Crippen MR) is 108 cm³/mol. The van der Waals surface area contributed by atoms with Gasteiger partial charge >= 0.3 is 0 Å². The fourth-order valence-electron chi connectivity index (χ4n) is 2.95. The molecule has 0 aliphatic rings. The van der Waals surface area contributed by atoms with Crippen LogP contribution >= 0.6 is 35.6 Å². The van der Waals surface area contributed by atoms with Crippen molar-refractivity contribution in [1.29, 1.82) is 0 Å². The monoisotopic (exact) mass is 398 g/mol. The third-order valence-electron chi connectivity index (χ3n) is 4.32. The number of pyridine rings is 1. The zero-order valence-corrected chi connectivity index (χ0v) is 16.8. The Hall–Kier alpha value is -1.42. The summed E-state index contributed by atoms with van der Waals surface area (Å²) in [4.78, 5) is 4.46. The van der Waals surface area contributed by atoms with E-state index in [1.54, 1.807) is 12.3 Å². The second-order valence-corrected chi connectivity index (χ2v) is 6.73. The minimum atomic E-state index is 0. The van der Waals surface area contributed by atoms with E-state index in [0.29, 0.717) is 22.5 Å². The van der Waals surface area contributed by atoms with Gasteiger partial charge in [0.25, 0.3) is 0 Å². The van der Waals surface area contributed by atoms with E-state index in [2.05, 4.69) is 36.4 Å². The normalized spacial score (nSPS) is 10.8. The van der Waals surface area contributed by atoms with Crippen LogP contribution in [0.3, 0.4) is 0 Å². The minimum absolute atomic E-state index is 0. The maximum absolute atomic E-state index is 6.07. The largest absolute Gasteiger partial charge is 0.471 e. The molecule has 134 valence electrons. The van der Waals surface area contributed by atoms with Crippen LogP contribution in [0.15, 0.2) is 30.5 Å². The molecular weight excluding hydrogens is 379 g/mol. The second kappa shape index (κ2) is 8.31. The van der Waals surface area contributed by atoms with Gasteiger partial charge in [-0.25, -0.2) is 4.98 Å². The lowest BCUT2D eigenvalue weighted by Crippen LogP contribution is -2.03. The van der Waals surface area contributed by atoms with E-state index in [1.807, 2.05) is 12.1 Å². The van der Waals surface area contributed by atoms with Crippen molar-refractivity contribution in [3.63, 3.8) is 0 Å². The summed E-state index contributed by atoms with van der Waals surface area (Å²) in [6.07, 6.45) is 2.86. The molecule has 0 aliphatic heterocycles. The van der Waals surface area contributed by atoms with E-state index >= 15 is 0 Å². The molecule has 2 aromatic heterocycles. The minimum Gasteiger partial charge on any atom is -0.471 e. The average molecular weight is 400 g/mol. The van der Waals surface area contributed by atoms with E-state index in [1.165, 1.54) is 16.6 Å². The molecule has 3 aromatic rings. The number of fused-ring (bicyclic) bond motifs is 1. The maximum Gasteiger partial charge on any atom is 0.238 e. The van der Waals surface area contributed by atoms with Gasteiger partial charge in [-0.2, -0.15) is 0 Å². The molecule has 0 saturated carbocycles. The summed E-state index contributed by atoms with van der Waals surface area (Å²) in [5.74, 6) is 0.656. The van der Waals surface area contributed by atoms with Crippen LogP contribution in [0.1, 0.15) is 30.2 Å². The number of aryl methyl sites for hydroxylation is 2. The smallest absolute Gasteiger partial charge is 0.238 e. The number of benzene rings is 1. The molecule has 3 rings (SSSR count). The van der Waals surface area contributed by atoms with E-state index in [-0.39, 0.29) is 12.4 Å². The van der Waals surface area contributed by atoms with Crippen molar-refractivity contribution in [2.75, 3.05) is 0 Å². The van der Waals surface area contributed by atoms with Crippen molar-refractivity contribution < 1.29 is 4.74 Å². The van der Waals surface area contributed by atoms with Gasteiger partial charge in [0.2, 0.25) is 5.88 Å². The van der Waals surface area contributed by atoms with Gasteiger partial charge in [-0.05, 0) is 49.6 Å². The summed E-state index contributed by atoms with van der Waals surface area (Å²) in [6.45, 7) is 7.82. The molecule has 0 aliphatic carbocycles. The first-order valence-electron chi connectivity index (χ1n) is 8.04. The number of hydrogen-bond acceptors (Lipinski definition) is 2. The predicted octanol–water partition coefficient (Wildman–Crippen LogP) is 6.37. The molecule has 0 atom stereocenters. The highest BCUT2D eigenvalue weighted by molar-refractivity contribution is 6.42. The Morgan fingerprint density at radius 2 is 1.88 bits per heavy atom. The molecule has 0 bridgehead atoms. The number of nitrogens with zero attached hydrogens (tertiary/aromatic N) is 2. The first-order chi connectivity index (χ1) is 11.5. The highest BCUT2D eigenvalue weighted by atomic mass is 35.5. The molecule has 25 heavy (non-hydrogen) atoms. The molecule has 0 radical (unpaired) electrons. The molecule has 0 amide bonds. The van der Waals surface area contributed by atoms with Crippen LogP contribution in [0.25, 0.3) is 10.9 Å². The molecule has 0 spiro atoms. The van der Waals surface area contributed by atoms with Gasteiger partial charge in [-0.15, -0.1) is 12.4 Å². The lowest BCUT2D eigenvalue weighted by Gasteiger charge is -2.11. The Kier molecular flexibility index (Phi) is 6.61. The summed E-state index contributed by atoms with van der Waals surface area (Å²) >= 11 is 12.0. The first-order valence-corrected chi connectivity index (χ1v) is 8.79. The van der Waals surface area contributed by atoms with Gasteiger partial charge in [-0.3, -0.25) is 0 Å². The van der Waals surface area contributed by atoms with Crippen molar-refractivity contribution in [3.05, 3.63) is 57.3 Å². The average Bonchev–Trinajstić information content (AvgIpc) is 2.82. The van der Waals surface area contributed by atoms with Gasteiger partial charge < -0.3 is 9.30 Å². The molecule has 2 heterocycles. The molecule has 1 aromatic carbocycles. The fraction of sp³-hybridized carbons (Fsp3) is 0.316. The van der Waals surface area contributed by atoms with Crippen LogP contribution in [0, 0.1) is 13.8 Å². The van der Waals surface area contributed by atoms with Gasteiger partial charge in [0.1, 0.15) is 12.1 Å². The first kappa shape index (κ1) is 19.9. The van der Waals surface area contributed by atoms with Crippen LogP contribution in [0.2, 0.25) is 10.0 Å². The highest BCUT2D eigenvalue weighted by Gasteiger charge is 2.15. The number of hydrogen-bond donors (Lipinski definition) is 0. The Labute approximate surface area is 164 Å². The van der Waals surface area contributed by atoms with Crippen LogP contribution in [-0.4, -0.2) is 9.55 Å². The summed E-state index contributed by atoms with van der Waals surface area (Å²) in [5.41, 5.74) is 4.57. The van der Waals surface area contributed by atoms with Crippen LogP contribution < -0.4 is 4.74 Å². The molecule has 0 fully saturated rings. The number of ether oxygens (including phenoxy) is 1. The van der Waals surface area contributed by atoms with E-state index in [9.17, 15) is 0 Å². The molecule has 0 N–H and O–H groups in total. The van der Waals surface area contributed by atoms with E-state index < -0.39 is 0 Å². The van der Waals surface area contributed by atoms with Crippen LogP contribution in [0.5, 0.6) is 5.88 Å². The van der Waals surface area contributed by atoms with Gasteiger partial charge in [0.15, 0.2) is 0 Å². The van der Waals surface area contributed by atoms with Crippen LogP contribution in [0.4, 0.5) is 0 Å². The van der Waals surface area contributed by atoms with Crippen molar-refractivity contribution in [2.24, 2.45) is 0 Å². The summed E-state index contributed by atoms with van der Waals surface area (Å²) in [5, 5.41) is 2.27. The van der Waals surface area contributed by atoms with Crippen molar-refractivity contribution in [1.82, 2.24) is 9.55 Å². The van der Waals surface area contributed by atoms with Crippen molar-refractivity contribution >= 4 is 46.5 Å². The maximum atomic E-state index is 6.07. The quantitative estimate of drug-likeness (QED) is 0.498. The van der Waals surface area contributed by atoms with Gasteiger partial charge in [0, 0.05) is 23.8 Å². The number of halogens is 3. The number of aromatic nitrogens is 2. The van der Waals surface area contributed by atoms with Crippen molar-refractivity contribution in [2.45, 2.75) is 40.3 Å². The van der Waals surface area contributed by atoms with Crippen molar-refractivity contribution in [3.8, 4) is 5.88 Å². The number of rotatable bonds is 5. The summed E-state index contributed by atoms with van der Waals surface area (Å²) in [7, 11) is 0. The molecule has 6 heteroatoms. The Balaban J connectivity index is 0.00000225. The molecular formula is C19H21Cl3N2O. The third-order valence-corrected chi connectivity index (χ3v) is 5.06. The lowest BCUT2D eigenvalue weighted by molar-refractivity contribution is 0.296. The zero-order chi connectivity index (χ0) is 17.3. The van der Waals surface area contributed by atoms with E-state index in [0.717, 1.165) is 24.0 Å². The SMILES string of the molecule is CCCn1c(C)c(C)c2ccnc(OCc3ccc(Cl)c(Cl)c3)c21.Cl. The second-order valence-electron chi connectivity index (χ2n) is 5.91. The van der Waals surface area contributed by atoms with Gasteiger partial charge in [-0.1, -0.05) is 36.2 Å². The van der Waals surface area contributed by atoms with Crippen LogP contribution in [-0.2, 0) is 13.2 Å². The Morgan fingerprint density at radius 1 is 1.12 bits per heavy atom. The van der Waals surface area contributed by atoms with E-state index in [4.69, 9.17) is 27.9 Å². The highest BCUT2D eigenvalue weighted by Crippen LogP contribution is 2.31. The Morgan fingerprint density at radius 3 is 2.56 bits per heavy atom. The molecule has 3 nitrogen and oxygen atoms in total. The summed E-state index contributed by atoms with van der Waals surface area (Å²) in [6, 6.07) is 7.57. The van der Waals surface area contributed by atoms with Gasteiger partial charge in [0.05, 0.1) is 10.0 Å².